The molecule has 0 aliphatic carbocycles. The minimum Gasteiger partial charge on any atom is -0.385 e. The molecule has 0 unspecified atom stereocenters. The van der Waals surface area contributed by atoms with Crippen LogP contribution in [0.2, 0.25) is 0 Å². The Balaban J connectivity index is 2.21. The second-order valence-corrected chi connectivity index (χ2v) is 5.08. The zero-order chi connectivity index (χ0) is 12.7. The summed E-state index contributed by atoms with van der Waals surface area (Å²) in [6, 6.07) is 0. The summed E-state index contributed by atoms with van der Waals surface area (Å²) >= 11 is 0. The van der Waals surface area contributed by atoms with E-state index in [1.54, 1.807) is 21.0 Å². The van der Waals surface area contributed by atoms with Crippen LogP contribution < -0.4 is 5.73 Å². The highest BCUT2D eigenvalue weighted by Gasteiger charge is 2.58. The zero-order valence-corrected chi connectivity index (χ0v) is 10.5. The number of hydrogen-bond acceptors (Lipinski definition) is 6. The van der Waals surface area contributed by atoms with Gasteiger partial charge in [-0.15, -0.1) is 0 Å². The minimum atomic E-state index is -1.11. The van der Waals surface area contributed by atoms with Gasteiger partial charge in [0.15, 0.2) is 12.1 Å². The summed E-state index contributed by atoms with van der Waals surface area (Å²) in [4.78, 5) is 0. The van der Waals surface area contributed by atoms with E-state index in [9.17, 15) is 5.11 Å². The topological polar surface area (TPSA) is 83.2 Å². The number of rotatable bonds is 3. The monoisotopic (exact) mass is 247 g/mol. The first-order chi connectivity index (χ1) is 7.92. The molecule has 0 aromatic rings. The van der Waals surface area contributed by atoms with Crippen molar-refractivity contribution in [1.82, 2.24) is 0 Å². The summed E-state index contributed by atoms with van der Waals surface area (Å²) < 4.78 is 22.2. The summed E-state index contributed by atoms with van der Waals surface area (Å²) in [6.07, 6.45) is -1.01. The van der Waals surface area contributed by atoms with Crippen molar-refractivity contribution in [3.05, 3.63) is 0 Å². The predicted molar refractivity (Wildman–Crippen MR) is 59.2 cm³/mol. The van der Waals surface area contributed by atoms with Gasteiger partial charge in [0.05, 0.1) is 6.61 Å². The van der Waals surface area contributed by atoms with E-state index < -0.39 is 29.9 Å². The number of aliphatic hydroxyl groups is 1. The molecular weight excluding hydrogens is 226 g/mol. The van der Waals surface area contributed by atoms with Crippen LogP contribution in [0, 0.1) is 0 Å². The van der Waals surface area contributed by atoms with Crippen molar-refractivity contribution in [2.75, 3.05) is 20.3 Å². The second-order valence-electron chi connectivity index (χ2n) is 5.08. The summed E-state index contributed by atoms with van der Waals surface area (Å²) in [5, 5.41) is 10.5. The van der Waals surface area contributed by atoms with Crippen LogP contribution in [0.1, 0.15) is 20.3 Å². The average Bonchev–Trinajstić information content (AvgIpc) is 2.56. The number of nitrogens with two attached hydrogens (primary N) is 1. The van der Waals surface area contributed by atoms with Crippen molar-refractivity contribution in [3.8, 4) is 0 Å². The lowest BCUT2D eigenvalue weighted by Gasteiger charge is -2.42. The zero-order valence-electron chi connectivity index (χ0n) is 10.5. The van der Waals surface area contributed by atoms with Crippen molar-refractivity contribution < 1.29 is 24.1 Å². The third-order valence-electron chi connectivity index (χ3n) is 3.23. The molecule has 100 valence electrons. The van der Waals surface area contributed by atoms with Gasteiger partial charge in [0.2, 0.25) is 0 Å². The Labute approximate surface area is 101 Å². The molecule has 2 saturated heterocycles. The quantitative estimate of drug-likeness (QED) is 0.705. The average molecular weight is 247 g/mol. The van der Waals surface area contributed by atoms with Crippen LogP contribution in [-0.2, 0) is 18.9 Å². The molecule has 0 spiro atoms. The molecule has 0 bridgehead atoms. The number of ether oxygens (including phenoxy) is 4. The first-order valence-electron chi connectivity index (χ1n) is 5.84. The Kier molecular flexibility index (Phi) is 3.46. The van der Waals surface area contributed by atoms with E-state index in [1.807, 2.05) is 0 Å². The van der Waals surface area contributed by atoms with Gasteiger partial charge in [-0.1, -0.05) is 0 Å². The second kappa shape index (κ2) is 4.46. The Morgan fingerprint density at radius 2 is 2.12 bits per heavy atom. The van der Waals surface area contributed by atoms with Crippen molar-refractivity contribution in [1.29, 1.82) is 0 Å². The lowest BCUT2D eigenvalue weighted by molar-refractivity contribution is -0.265. The molecular formula is C11H21NO5. The third kappa shape index (κ3) is 2.33. The third-order valence-corrected chi connectivity index (χ3v) is 3.23. The van der Waals surface area contributed by atoms with E-state index in [4.69, 9.17) is 24.7 Å². The molecule has 3 N–H and O–H groups in total. The van der Waals surface area contributed by atoms with E-state index in [0.717, 1.165) is 0 Å². The Bertz CT molecular complexity index is 285. The van der Waals surface area contributed by atoms with E-state index in [1.165, 1.54) is 0 Å². The fourth-order valence-electron chi connectivity index (χ4n) is 2.47. The first kappa shape index (κ1) is 13.2. The highest BCUT2D eigenvalue weighted by molar-refractivity contribution is 5.01. The van der Waals surface area contributed by atoms with Gasteiger partial charge in [0.1, 0.15) is 17.8 Å². The van der Waals surface area contributed by atoms with Gasteiger partial charge in [-0.25, -0.2) is 0 Å². The largest absolute Gasteiger partial charge is 0.385 e. The first-order valence-corrected chi connectivity index (χ1v) is 5.84. The lowest BCUT2D eigenvalue weighted by atomic mass is 9.87. The maximum Gasteiger partial charge on any atom is 0.186 e. The molecule has 0 amide bonds. The lowest BCUT2D eigenvalue weighted by Crippen LogP contribution is -2.60. The summed E-state index contributed by atoms with van der Waals surface area (Å²) in [5.74, 6) is -0.748. The van der Waals surface area contributed by atoms with Crippen LogP contribution in [0.15, 0.2) is 0 Å². The van der Waals surface area contributed by atoms with E-state index in [2.05, 4.69) is 0 Å². The van der Waals surface area contributed by atoms with E-state index >= 15 is 0 Å². The molecule has 6 heteroatoms. The van der Waals surface area contributed by atoms with Gasteiger partial charge in [-0.05, 0) is 26.8 Å². The highest BCUT2D eigenvalue weighted by Crippen LogP contribution is 2.40. The molecule has 2 fully saturated rings. The van der Waals surface area contributed by atoms with Gasteiger partial charge >= 0.3 is 0 Å². The highest BCUT2D eigenvalue weighted by atomic mass is 16.8. The molecule has 2 heterocycles. The summed E-state index contributed by atoms with van der Waals surface area (Å²) in [7, 11) is 1.55. The van der Waals surface area contributed by atoms with Gasteiger partial charge in [-0.2, -0.15) is 0 Å². The van der Waals surface area contributed by atoms with Crippen molar-refractivity contribution in [2.45, 2.75) is 50.2 Å². The van der Waals surface area contributed by atoms with Crippen LogP contribution in [0.5, 0.6) is 0 Å². The van der Waals surface area contributed by atoms with Crippen molar-refractivity contribution >= 4 is 0 Å². The van der Waals surface area contributed by atoms with Gasteiger partial charge in [0.25, 0.3) is 0 Å². The summed E-state index contributed by atoms with van der Waals surface area (Å²) in [6.45, 7) is 4.12. The maximum absolute atomic E-state index is 10.5. The van der Waals surface area contributed by atoms with Crippen LogP contribution >= 0.6 is 0 Å². The predicted octanol–water partition coefficient (Wildman–Crippen LogP) is -0.411. The SMILES string of the molecule is CO[C@@H]1OC[C@](O)(CCN)[C@H]2OC(C)(C)O[C@@H]12. The van der Waals surface area contributed by atoms with Crippen molar-refractivity contribution in [2.24, 2.45) is 5.73 Å². The Hall–Kier alpha value is -0.240. The molecule has 2 aliphatic rings. The molecule has 4 atom stereocenters. The van der Waals surface area contributed by atoms with Gasteiger partial charge in [0, 0.05) is 7.11 Å². The molecule has 0 aromatic carbocycles. The Morgan fingerprint density at radius 3 is 2.71 bits per heavy atom. The van der Waals surface area contributed by atoms with Crippen LogP contribution in [0.4, 0.5) is 0 Å². The standard InChI is InChI=1S/C11H21NO5/c1-10(2)16-7-8(17-10)11(13,4-5-12)6-15-9(7)14-3/h7-9,13H,4-6,12H2,1-3H3/t7-,8+,9-,11-/m1/s1. The fourth-order valence-corrected chi connectivity index (χ4v) is 2.47. The normalized spacial score (nSPS) is 44.6. The Morgan fingerprint density at radius 1 is 1.41 bits per heavy atom. The smallest absolute Gasteiger partial charge is 0.186 e. The van der Waals surface area contributed by atoms with Gasteiger partial charge < -0.3 is 29.8 Å². The number of hydrogen-bond donors (Lipinski definition) is 2. The minimum absolute atomic E-state index is 0.142. The van der Waals surface area contributed by atoms with Crippen molar-refractivity contribution in [3.63, 3.8) is 0 Å². The maximum atomic E-state index is 10.5. The molecule has 6 nitrogen and oxygen atoms in total. The summed E-state index contributed by atoms with van der Waals surface area (Å²) in [5.41, 5.74) is 4.41. The molecule has 0 saturated carbocycles. The van der Waals surface area contributed by atoms with E-state index in [0.29, 0.717) is 13.0 Å². The molecule has 17 heavy (non-hydrogen) atoms. The molecule has 2 aliphatic heterocycles. The van der Waals surface area contributed by atoms with Crippen LogP contribution in [-0.4, -0.2) is 55.3 Å². The molecule has 0 aromatic heterocycles. The van der Waals surface area contributed by atoms with Crippen LogP contribution in [0.25, 0.3) is 0 Å². The van der Waals surface area contributed by atoms with Crippen LogP contribution in [0.3, 0.4) is 0 Å². The van der Waals surface area contributed by atoms with Gasteiger partial charge in [-0.3, -0.25) is 0 Å². The molecule has 0 radical (unpaired) electrons. The number of fused-ring (bicyclic) bond motifs is 1. The fraction of sp³-hybridized carbons (Fsp3) is 1.00. The molecule has 2 rings (SSSR count). The van der Waals surface area contributed by atoms with E-state index in [-0.39, 0.29) is 6.61 Å². The number of methoxy groups -OCH3 is 1.